The molecule has 0 bridgehead atoms. The Balaban J connectivity index is -0.0000000119. The zero-order valence-electron chi connectivity index (χ0n) is 5.53. The van der Waals surface area contributed by atoms with Crippen molar-refractivity contribution in [3.05, 3.63) is 0 Å². The van der Waals surface area contributed by atoms with Gasteiger partial charge in [-0.15, -0.1) is 0 Å². The second-order valence-corrected chi connectivity index (χ2v) is 1.42. The molecule has 12 heteroatoms. The monoisotopic (exact) mass is 320 g/mol. The van der Waals surface area contributed by atoms with Crippen LogP contribution in [-0.4, -0.2) is 71.3 Å². The fourth-order valence-corrected chi connectivity index (χ4v) is 0. The van der Waals surface area contributed by atoms with Gasteiger partial charge < -0.3 is 19.2 Å². The van der Waals surface area contributed by atoms with Crippen LogP contribution in [0.2, 0.25) is 0 Å². The van der Waals surface area contributed by atoms with Crippen molar-refractivity contribution in [2.45, 2.75) is 0 Å². The first-order chi connectivity index (χ1) is 3.41. The molecule has 0 aromatic rings. The normalized spacial score (nSPS) is 6.42. The molecule has 0 saturated carbocycles. The van der Waals surface area contributed by atoms with Gasteiger partial charge in [-0.2, -0.15) is 7.82 Å². The first kappa shape index (κ1) is 36.3. The predicted molar refractivity (Wildman–Crippen MR) is 25.5 cm³/mol. The van der Waals surface area contributed by atoms with Gasteiger partial charge >= 0.3 is 94.9 Å². The quantitative estimate of drug-likeness (QED) is 0.203. The second kappa shape index (κ2) is 23.7. The topological polar surface area (TPSA) is 136 Å². The summed E-state index contributed by atoms with van der Waals surface area (Å²) in [6.45, 7) is 0. The Morgan fingerprint density at radius 3 is 1.17 bits per heavy atom. The molecule has 0 aromatic carbocycles. The maximum atomic E-state index is 8.55. The second-order valence-electron chi connectivity index (χ2n) is 0.529. The summed E-state index contributed by atoms with van der Waals surface area (Å²) in [5.74, 6) is 0. The van der Waals surface area contributed by atoms with Crippen LogP contribution in [0, 0.1) is 0 Å². The van der Waals surface area contributed by atoms with E-state index in [2.05, 4.69) is 5.04 Å². The molecule has 0 rings (SSSR count). The summed E-state index contributed by atoms with van der Waals surface area (Å²) in [6.07, 6.45) is 0. The largest absolute Gasteiger partial charge is 2.00 e. The van der Waals surface area contributed by atoms with Gasteiger partial charge in [0.1, 0.15) is 0 Å². The number of hydrogen-bond acceptors (Lipinski definition) is 7. The molecule has 0 fully saturated rings. The maximum absolute atomic E-state index is 8.55. The van der Waals surface area contributed by atoms with Crippen LogP contribution < -0.4 is 14.7 Å². The van der Waals surface area contributed by atoms with Gasteiger partial charge in [-0.05, 0) is 0 Å². The van der Waals surface area contributed by atoms with Crippen LogP contribution in [0.4, 0.5) is 0 Å². The van der Waals surface area contributed by atoms with E-state index in [1.165, 1.54) is 0 Å². The third kappa shape index (κ3) is 203. The molecule has 12 heavy (non-hydrogen) atoms. The Kier molecular flexibility index (Phi) is 71.6. The Hall–Kier alpha value is 3.05. The molecular formula is H2CaFeMgMnO7P+5. The van der Waals surface area contributed by atoms with E-state index in [1.807, 2.05) is 0 Å². The summed E-state index contributed by atoms with van der Waals surface area (Å²) in [7, 11) is -5.39. The van der Waals surface area contributed by atoms with Crippen molar-refractivity contribution >= 4 is 68.6 Å². The molecule has 0 amide bonds. The standard InChI is InChI=1S/Ca.Fe.Mg.Mn.H3O4P.H2O3/c;;;;1-5(2,3)4;1-3-2/h;;;;(H3,1,2,3,4);1-2H/q4*+2;;/p-3. The van der Waals surface area contributed by atoms with E-state index < -0.39 is 7.82 Å². The molecule has 0 aliphatic heterocycles. The van der Waals surface area contributed by atoms with Crippen molar-refractivity contribution in [1.29, 1.82) is 0 Å². The minimum Gasteiger partial charge on any atom is -0.822 e. The van der Waals surface area contributed by atoms with Crippen LogP contribution >= 0.6 is 7.82 Å². The average molecular weight is 320 g/mol. The molecular weight excluding hydrogens is 318 g/mol. The third-order valence-corrected chi connectivity index (χ3v) is 0. The van der Waals surface area contributed by atoms with Crippen LogP contribution in [0.25, 0.3) is 0 Å². The van der Waals surface area contributed by atoms with E-state index in [-0.39, 0.29) is 94.9 Å². The van der Waals surface area contributed by atoms with E-state index in [4.69, 9.17) is 29.8 Å². The summed E-state index contributed by atoms with van der Waals surface area (Å²) < 4.78 is 8.55. The first-order valence-electron chi connectivity index (χ1n) is 1.10. The minimum absolute atomic E-state index is 0. The van der Waals surface area contributed by atoms with Crippen LogP contribution in [0.15, 0.2) is 0 Å². The molecule has 0 aliphatic carbocycles. The van der Waals surface area contributed by atoms with Crippen molar-refractivity contribution in [1.82, 2.24) is 0 Å². The third-order valence-electron chi connectivity index (χ3n) is 0. The summed E-state index contributed by atoms with van der Waals surface area (Å²) in [6, 6.07) is 0. The average Bonchev–Trinajstić information content (AvgIpc) is 1.27. The van der Waals surface area contributed by atoms with Gasteiger partial charge in [0.15, 0.2) is 0 Å². The molecule has 7 nitrogen and oxygen atoms in total. The summed E-state index contributed by atoms with van der Waals surface area (Å²) >= 11 is 0. The maximum Gasteiger partial charge on any atom is 2.00 e. The van der Waals surface area contributed by atoms with E-state index in [9.17, 15) is 0 Å². The van der Waals surface area contributed by atoms with Crippen LogP contribution in [0.5, 0.6) is 0 Å². The molecule has 63 valence electrons. The van der Waals surface area contributed by atoms with Crippen molar-refractivity contribution < 1.29 is 68.9 Å². The van der Waals surface area contributed by atoms with Crippen molar-refractivity contribution in [2.24, 2.45) is 0 Å². The van der Waals surface area contributed by atoms with Gasteiger partial charge in [0.05, 0.1) is 0 Å². The molecule has 0 aliphatic rings. The molecule has 0 heterocycles. The molecule has 1 radical (unpaired) electrons. The van der Waals surface area contributed by atoms with Crippen molar-refractivity contribution in [3.8, 4) is 0 Å². The zero-order valence-corrected chi connectivity index (χ0v) is 12.3. The van der Waals surface area contributed by atoms with E-state index in [1.54, 1.807) is 0 Å². The Morgan fingerprint density at radius 1 is 1.17 bits per heavy atom. The molecule has 0 aromatic heterocycles. The number of rotatable bonds is 0. The van der Waals surface area contributed by atoms with Gasteiger partial charge in [-0.25, -0.2) is 10.5 Å². The molecule has 0 saturated heterocycles. The van der Waals surface area contributed by atoms with Gasteiger partial charge in [-0.3, -0.25) is 0 Å². The Bertz CT molecular complexity index is 79.2. The predicted octanol–water partition coefficient (Wildman–Crippen LogP) is -3.64. The smallest absolute Gasteiger partial charge is 0.822 e. The zero-order chi connectivity index (χ0) is 7.21. The summed E-state index contributed by atoms with van der Waals surface area (Å²) in [5, 5.41) is 15.5. The fourth-order valence-electron chi connectivity index (χ4n) is 0. The van der Waals surface area contributed by atoms with E-state index in [0.717, 1.165) is 0 Å². The summed E-state index contributed by atoms with van der Waals surface area (Å²) in [5.41, 5.74) is 0. The van der Waals surface area contributed by atoms with Gasteiger partial charge in [-0.1, -0.05) is 5.04 Å². The molecule has 0 atom stereocenters. The van der Waals surface area contributed by atoms with E-state index >= 15 is 0 Å². The minimum atomic E-state index is -5.39. The number of phosphoric acid groups is 1. The molecule has 2 N–H and O–H groups in total. The first-order valence-corrected chi connectivity index (χ1v) is 2.56. The number of hydrogen-bond donors (Lipinski definition) is 2. The van der Waals surface area contributed by atoms with Crippen LogP contribution in [-0.2, 0) is 43.7 Å². The van der Waals surface area contributed by atoms with Crippen LogP contribution in [0.1, 0.15) is 0 Å². The van der Waals surface area contributed by atoms with E-state index in [0.29, 0.717) is 0 Å². The Labute approximate surface area is 135 Å². The summed E-state index contributed by atoms with van der Waals surface area (Å²) in [4.78, 5) is 25.6. The SMILES string of the molecule is O=P([O-])([O-])[O-].OOO.[Ca+2].[Fe+2].[Mg+2].[Mn+2]. The van der Waals surface area contributed by atoms with Gasteiger partial charge in [0.25, 0.3) is 0 Å². The van der Waals surface area contributed by atoms with Gasteiger partial charge in [0, 0.05) is 0 Å². The fraction of sp³-hybridized carbons (Fsp3) is 0. The van der Waals surface area contributed by atoms with Gasteiger partial charge in [0.2, 0.25) is 0 Å². The van der Waals surface area contributed by atoms with Crippen molar-refractivity contribution in [3.63, 3.8) is 0 Å². The molecule has 0 unspecified atom stereocenters. The molecule has 0 spiro atoms. The van der Waals surface area contributed by atoms with Crippen molar-refractivity contribution in [2.75, 3.05) is 0 Å². The Morgan fingerprint density at radius 2 is 1.17 bits per heavy atom. The van der Waals surface area contributed by atoms with Crippen LogP contribution in [0.3, 0.4) is 0 Å².